The third-order valence-corrected chi connectivity index (χ3v) is 6.07. The van der Waals surface area contributed by atoms with Crippen molar-refractivity contribution in [2.75, 3.05) is 28.3 Å². The molecule has 0 aromatic heterocycles. The Balaban J connectivity index is 2.33. The van der Waals surface area contributed by atoms with Crippen molar-refractivity contribution in [2.45, 2.75) is 4.90 Å². The van der Waals surface area contributed by atoms with E-state index in [-0.39, 0.29) is 0 Å². The van der Waals surface area contributed by atoms with Crippen LogP contribution in [0.2, 0.25) is 0 Å². The average molecular weight is 438 g/mol. The van der Waals surface area contributed by atoms with Gasteiger partial charge in [0.05, 0.1) is 19.1 Å². The van der Waals surface area contributed by atoms with E-state index >= 15 is 0 Å². The fourth-order valence-corrected chi connectivity index (χ4v) is 3.81. The highest BCUT2D eigenvalue weighted by Gasteiger charge is 2.13. The van der Waals surface area contributed by atoms with Gasteiger partial charge in [-0.25, -0.2) is 0 Å². The van der Waals surface area contributed by atoms with E-state index in [0.29, 0.717) is 0 Å². The van der Waals surface area contributed by atoms with Gasteiger partial charge in [0.1, 0.15) is 15.8 Å². The number of para-hydroxylation sites is 1. The highest BCUT2D eigenvalue weighted by molar-refractivity contribution is 9.10. The van der Waals surface area contributed by atoms with Gasteiger partial charge in [0.25, 0.3) is 0 Å². The standard InChI is InChI=1S/C19H20BrNO2S2/c1-21(2)19(24)25-18-15(20)11-13(12-17(18)23-4)9-10-14-7-5-6-8-16(14)22-3/h5-12H,1-4H3/b10-9-. The topological polar surface area (TPSA) is 21.7 Å². The van der Waals surface area contributed by atoms with Gasteiger partial charge in [-0.15, -0.1) is 0 Å². The summed E-state index contributed by atoms with van der Waals surface area (Å²) < 4.78 is 12.7. The number of hydrogen-bond donors (Lipinski definition) is 0. The third-order valence-electron chi connectivity index (χ3n) is 3.40. The van der Waals surface area contributed by atoms with Crippen molar-refractivity contribution in [3.63, 3.8) is 0 Å². The predicted octanol–water partition coefficient (Wildman–Crippen LogP) is 5.58. The first-order valence-electron chi connectivity index (χ1n) is 7.54. The lowest BCUT2D eigenvalue weighted by atomic mass is 10.1. The quantitative estimate of drug-likeness (QED) is 0.345. The molecule has 2 rings (SSSR count). The summed E-state index contributed by atoms with van der Waals surface area (Å²) in [4.78, 5) is 2.87. The molecular weight excluding hydrogens is 418 g/mol. The Morgan fingerprint density at radius 3 is 2.40 bits per heavy atom. The second kappa shape index (κ2) is 9.27. The van der Waals surface area contributed by atoms with Gasteiger partial charge >= 0.3 is 0 Å². The first kappa shape index (κ1) is 19.8. The Morgan fingerprint density at radius 1 is 1.08 bits per heavy atom. The zero-order chi connectivity index (χ0) is 18.4. The van der Waals surface area contributed by atoms with E-state index in [0.717, 1.165) is 36.3 Å². The SMILES string of the molecule is COc1ccccc1/C=C\c1cc(Br)c(SC(=S)N(C)C)c(OC)c1. The summed E-state index contributed by atoms with van der Waals surface area (Å²) >= 11 is 10.5. The first-order chi connectivity index (χ1) is 12.0. The van der Waals surface area contributed by atoms with Crippen molar-refractivity contribution >= 4 is 56.4 Å². The van der Waals surface area contributed by atoms with E-state index in [4.69, 9.17) is 21.7 Å². The van der Waals surface area contributed by atoms with Crippen LogP contribution in [0.15, 0.2) is 45.8 Å². The molecule has 3 nitrogen and oxygen atoms in total. The van der Waals surface area contributed by atoms with E-state index in [1.165, 1.54) is 11.8 Å². The molecule has 0 amide bonds. The summed E-state index contributed by atoms with van der Waals surface area (Å²) in [5.41, 5.74) is 2.04. The predicted molar refractivity (Wildman–Crippen MR) is 115 cm³/mol. The lowest BCUT2D eigenvalue weighted by molar-refractivity contribution is 0.404. The van der Waals surface area contributed by atoms with Gasteiger partial charge in [-0.1, -0.05) is 54.3 Å². The Morgan fingerprint density at radius 2 is 1.76 bits per heavy atom. The summed E-state index contributed by atoms with van der Waals surface area (Å²) in [5, 5.41) is 0. The van der Waals surface area contributed by atoms with Gasteiger partial charge in [-0.3, -0.25) is 0 Å². The molecule has 0 saturated carbocycles. The smallest absolute Gasteiger partial charge is 0.140 e. The maximum absolute atomic E-state index is 5.56. The highest BCUT2D eigenvalue weighted by Crippen LogP contribution is 2.39. The van der Waals surface area contributed by atoms with E-state index in [1.54, 1.807) is 14.2 Å². The van der Waals surface area contributed by atoms with Gasteiger partial charge in [0.2, 0.25) is 0 Å². The number of benzene rings is 2. The van der Waals surface area contributed by atoms with E-state index in [2.05, 4.69) is 22.0 Å². The fourth-order valence-electron chi connectivity index (χ4n) is 2.10. The molecule has 0 bridgehead atoms. The van der Waals surface area contributed by atoms with Crippen LogP contribution < -0.4 is 9.47 Å². The number of rotatable bonds is 5. The van der Waals surface area contributed by atoms with Gasteiger partial charge in [0.15, 0.2) is 0 Å². The number of halogens is 1. The summed E-state index contributed by atoms with van der Waals surface area (Å²) in [5.74, 6) is 1.62. The summed E-state index contributed by atoms with van der Waals surface area (Å²) in [6, 6.07) is 11.9. The zero-order valence-electron chi connectivity index (χ0n) is 14.6. The fraction of sp³-hybridized carbons (Fsp3) is 0.211. The molecule has 2 aromatic rings. The second-order valence-electron chi connectivity index (χ2n) is 5.37. The van der Waals surface area contributed by atoms with Crippen LogP contribution in [-0.4, -0.2) is 37.5 Å². The lowest BCUT2D eigenvalue weighted by Crippen LogP contribution is -2.16. The van der Waals surface area contributed by atoms with Crippen LogP contribution in [0.5, 0.6) is 11.5 Å². The number of hydrogen-bond acceptors (Lipinski definition) is 4. The summed E-state index contributed by atoms with van der Waals surface area (Å²) in [6.45, 7) is 0. The second-order valence-corrected chi connectivity index (χ2v) is 7.87. The van der Waals surface area contributed by atoms with Crippen molar-refractivity contribution in [1.82, 2.24) is 4.90 Å². The van der Waals surface area contributed by atoms with E-state index < -0.39 is 0 Å². The van der Waals surface area contributed by atoms with Gasteiger partial charge in [0, 0.05) is 24.1 Å². The van der Waals surface area contributed by atoms with Gasteiger partial charge in [-0.2, -0.15) is 0 Å². The molecule has 0 aliphatic carbocycles. The lowest BCUT2D eigenvalue weighted by Gasteiger charge is -2.16. The number of ether oxygens (including phenoxy) is 2. The molecule has 25 heavy (non-hydrogen) atoms. The maximum Gasteiger partial charge on any atom is 0.140 e. The molecule has 0 spiro atoms. The zero-order valence-corrected chi connectivity index (χ0v) is 17.8. The van der Waals surface area contributed by atoms with Crippen LogP contribution in [0.4, 0.5) is 0 Å². The number of methoxy groups -OCH3 is 2. The molecule has 0 saturated heterocycles. The normalized spacial score (nSPS) is 10.8. The Bertz CT molecular complexity index is 791. The first-order valence-corrected chi connectivity index (χ1v) is 9.55. The van der Waals surface area contributed by atoms with Crippen LogP contribution in [0, 0.1) is 0 Å². The van der Waals surface area contributed by atoms with Gasteiger partial charge in [-0.05, 0) is 39.7 Å². The monoisotopic (exact) mass is 437 g/mol. The molecular formula is C19H20BrNO2S2. The highest BCUT2D eigenvalue weighted by atomic mass is 79.9. The molecule has 0 fully saturated rings. The molecule has 0 atom stereocenters. The molecule has 0 aliphatic rings. The Labute approximate surface area is 167 Å². The number of nitrogens with zero attached hydrogens (tertiary/aromatic N) is 1. The summed E-state index contributed by atoms with van der Waals surface area (Å²) in [7, 11) is 7.20. The van der Waals surface area contributed by atoms with Crippen LogP contribution in [0.25, 0.3) is 12.2 Å². The number of thiocarbonyl (C=S) groups is 1. The molecule has 0 unspecified atom stereocenters. The minimum atomic E-state index is 0.774. The van der Waals surface area contributed by atoms with Crippen molar-refractivity contribution in [3.8, 4) is 11.5 Å². The molecule has 2 aromatic carbocycles. The molecule has 0 N–H and O–H groups in total. The van der Waals surface area contributed by atoms with Crippen molar-refractivity contribution in [2.24, 2.45) is 0 Å². The Kier molecular flexibility index (Phi) is 7.35. The number of thioether (sulfide) groups is 1. The minimum Gasteiger partial charge on any atom is -0.496 e. The van der Waals surface area contributed by atoms with Crippen molar-refractivity contribution in [1.29, 1.82) is 0 Å². The third kappa shape index (κ3) is 5.23. The molecule has 6 heteroatoms. The van der Waals surface area contributed by atoms with Crippen LogP contribution in [-0.2, 0) is 0 Å². The molecule has 0 radical (unpaired) electrons. The van der Waals surface area contributed by atoms with Crippen molar-refractivity contribution < 1.29 is 9.47 Å². The van der Waals surface area contributed by atoms with Crippen LogP contribution in [0.3, 0.4) is 0 Å². The molecule has 132 valence electrons. The summed E-state index contributed by atoms with van der Waals surface area (Å²) in [6.07, 6.45) is 4.06. The largest absolute Gasteiger partial charge is 0.496 e. The maximum atomic E-state index is 5.56. The van der Waals surface area contributed by atoms with Crippen LogP contribution >= 0.6 is 39.9 Å². The van der Waals surface area contributed by atoms with Gasteiger partial charge < -0.3 is 14.4 Å². The minimum absolute atomic E-state index is 0.774. The molecule has 0 aliphatic heterocycles. The van der Waals surface area contributed by atoms with Crippen LogP contribution in [0.1, 0.15) is 11.1 Å². The van der Waals surface area contributed by atoms with Crippen molar-refractivity contribution in [3.05, 3.63) is 52.0 Å². The van der Waals surface area contributed by atoms with E-state index in [1.807, 2.05) is 61.5 Å². The average Bonchev–Trinajstić information content (AvgIpc) is 2.61. The van der Waals surface area contributed by atoms with E-state index in [9.17, 15) is 0 Å². The Hall–Kier alpha value is -1.50. The molecule has 0 heterocycles.